The molecule has 142 valence electrons. The van der Waals surface area contributed by atoms with Gasteiger partial charge in [-0.3, -0.25) is 9.59 Å². The number of carbonyl (C=O) groups excluding carboxylic acids is 1. The molecule has 2 aromatic carbocycles. The first-order valence-corrected chi connectivity index (χ1v) is 8.89. The Hall–Kier alpha value is -2.73. The van der Waals surface area contributed by atoms with Crippen LogP contribution in [-0.4, -0.2) is 35.5 Å². The number of halogens is 1. The van der Waals surface area contributed by atoms with Crippen molar-refractivity contribution in [2.45, 2.75) is 19.6 Å². The molecule has 0 spiro atoms. The molecule has 1 atom stereocenters. The van der Waals surface area contributed by atoms with Gasteiger partial charge in [0.2, 0.25) is 5.91 Å². The van der Waals surface area contributed by atoms with E-state index >= 15 is 0 Å². The lowest BCUT2D eigenvalue weighted by Crippen LogP contribution is -2.25. The van der Waals surface area contributed by atoms with Crippen LogP contribution in [0, 0.1) is 5.92 Å². The van der Waals surface area contributed by atoms with Gasteiger partial charge in [0.1, 0.15) is 6.61 Å². The zero-order valence-corrected chi connectivity index (χ0v) is 15.6. The maximum atomic E-state index is 12.0. The molecule has 0 aromatic heterocycles. The summed E-state index contributed by atoms with van der Waals surface area (Å²) in [5.74, 6) is -0.633. The molecule has 7 heteroatoms. The molecule has 1 aliphatic heterocycles. The van der Waals surface area contributed by atoms with Gasteiger partial charge in [0.05, 0.1) is 13.0 Å². The van der Waals surface area contributed by atoms with Crippen molar-refractivity contribution in [3.8, 4) is 11.5 Å². The minimum atomic E-state index is -0.940. The van der Waals surface area contributed by atoms with E-state index in [1.807, 2.05) is 24.3 Å². The van der Waals surface area contributed by atoms with Crippen molar-refractivity contribution in [1.82, 2.24) is 4.90 Å². The lowest BCUT2D eigenvalue weighted by Gasteiger charge is -2.18. The van der Waals surface area contributed by atoms with Crippen LogP contribution in [0.5, 0.6) is 11.5 Å². The number of ether oxygens (including phenoxy) is 2. The Morgan fingerprint density at radius 3 is 2.70 bits per heavy atom. The summed E-state index contributed by atoms with van der Waals surface area (Å²) in [5, 5.41) is 9.72. The van der Waals surface area contributed by atoms with E-state index in [1.54, 1.807) is 30.2 Å². The molecule has 0 saturated carbocycles. The smallest absolute Gasteiger partial charge is 0.308 e. The fraction of sp³-hybridized carbons (Fsp3) is 0.300. The highest BCUT2D eigenvalue weighted by Gasteiger charge is 2.34. The standard InChI is InChI=1S/C20H20ClNO5/c1-26-17-7-6-13(10-22-11-15(20(24)25)9-19(22)23)8-18(17)27-12-14-4-2-3-5-16(14)21/h2-8,15H,9-12H2,1H3,(H,24,25). The Balaban J connectivity index is 1.72. The third kappa shape index (κ3) is 4.52. The molecular weight excluding hydrogens is 370 g/mol. The van der Waals surface area contributed by atoms with Crippen molar-refractivity contribution < 1.29 is 24.2 Å². The molecule has 1 amide bonds. The van der Waals surface area contributed by atoms with Gasteiger partial charge < -0.3 is 19.5 Å². The summed E-state index contributed by atoms with van der Waals surface area (Å²) >= 11 is 6.16. The minimum absolute atomic E-state index is 0.0430. The van der Waals surface area contributed by atoms with Crippen molar-refractivity contribution in [3.63, 3.8) is 0 Å². The molecule has 1 fully saturated rings. The summed E-state index contributed by atoms with van der Waals surface area (Å²) in [5.41, 5.74) is 1.69. The average molecular weight is 390 g/mol. The number of carbonyl (C=O) groups is 2. The lowest BCUT2D eigenvalue weighted by atomic mass is 10.1. The highest BCUT2D eigenvalue weighted by Crippen LogP contribution is 2.31. The molecule has 0 radical (unpaired) electrons. The number of rotatable bonds is 7. The quantitative estimate of drug-likeness (QED) is 0.785. The topological polar surface area (TPSA) is 76.1 Å². The largest absolute Gasteiger partial charge is 0.493 e. The number of amides is 1. The van der Waals surface area contributed by atoms with E-state index in [4.69, 9.17) is 26.2 Å². The summed E-state index contributed by atoms with van der Waals surface area (Å²) in [6.07, 6.45) is 0.0430. The molecule has 3 rings (SSSR count). The van der Waals surface area contributed by atoms with Gasteiger partial charge >= 0.3 is 5.97 Å². The van der Waals surface area contributed by atoms with E-state index in [0.717, 1.165) is 11.1 Å². The zero-order chi connectivity index (χ0) is 19.4. The number of benzene rings is 2. The zero-order valence-electron chi connectivity index (χ0n) is 14.9. The summed E-state index contributed by atoms with van der Waals surface area (Å²) in [7, 11) is 1.55. The molecule has 2 aromatic rings. The second kappa shape index (κ2) is 8.31. The monoisotopic (exact) mass is 389 g/mol. The Bertz CT molecular complexity index is 854. The predicted molar refractivity (Wildman–Crippen MR) is 99.9 cm³/mol. The first-order chi connectivity index (χ1) is 13.0. The van der Waals surface area contributed by atoms with Crippen LogP contribution in [0.15, 0.2) is 42.5 Å². The van der Waals surface area contributed by atoms with Crippen LogP contribution >= 0.6 is 11.6 Å². The molecule has 1 N–H and O–H groups in total. The number of carboxylic acids is 1. The maximum absolute atomic E-state index is 12.0. The first kappa shape index (κ1) is 19.0. The Morgan fingerprint density at radius 1 is 1.26 bits per heavy atom. The van der Waals surface area contributed by atoms with Gasteiger partial charge in [0.15, 0.2) is 11.5 Å². The van der Waals surface area contributed by atoms with Crippen molar-refractivity contribution >= 4 is 23.5 Å². The van der Waals surface area contributed by atoms with Gasteiger partial charge in [-0.05, 0) is 23.8 Å². The molecule has 1 unspecified atom stereocenters. The van der Waals surface area contributed by atoms with Gasteiger partial charge in [-0.2, -0.15) is 0 Å². The SMILES string of the molecule is COc1ccc(CN2CC(C(=O)O)CC2=O)cc1OCc1ccccc1Cl. The summed E-state index contributed by atoms with van der Waals surface area (Å²) in [4.78, 5) is 24.7. The van der Waals surface area contributed by atoms with Gasteiger partial charge in [0, 0.05) is 30.1 Å². The number of carboxylic acid groups (broad SMARTS) is 1. The Morgan fingerprint density at radius 2 is 2.04 bits per heavy atom. The summed E-state index contributed by atoms with van der Waals surface area (Å²) in [6, 6.07) is 12.8. The molecule has 1 saturated heterocycles. The van der Waals surface area contributed by atoms with E-state index in [0.29, 0.717) is 23.1 Å². The Kier molecular flexibility index (Phi) is 5.86. The highest BCUT2D eigenvalue weighted by molar-refractivity contribution is 6.31. The third-order valence-corrected chi connectivity index (χ3v) is 4.87. The second-order valence-corrected chi connectivity index (χ2v) is 6.79. The first-order valence-electron chi connectivity index (χ1n) is 8.51. The predicted octanol–water partition coefficient (Wildman–Crippen LogP) is 3.36. The van der Waals surface area contributed by atoms with E-state index in [9.17, 15) is 9.59 Å². The molecule has 6 nitrogen and oxygen atoms in total. The van der Waals surface area contributed by atoms with Gasteiger partial charge in [0.25, 0.3) is 0 Å². The highest BCUT2D eigenvalue weighted by atomic mass is 35.5. The van der Waals surface area contributed by atoms with Gasteiger partial charge in [-0.1, -0.05) is 35.9 Å². The fourth-order valence-electron chi connectivity index (χ4n) is 3.01. The summed E-state index contributed by atoms with van der Waals surface area (Å²) < 4.78 is 11.2. The number of likely N-dealkylation sites (tertiary alicyclic amines) is 1. The average Bonchev–Trinajstić information content (AvgIpc) is 3.02. The molecule has 0 aliphatic carbocycles. The van der Waals surface area contributed by atoms with Crippen molar-refractivity contribution in [3.05, 3.63) is 58.6 Å². The van der Waals surface area contributed by atoms with E-state index < -0.39 is 11.9 Å². The van der Waals surface area contributed by atoms with Crippen LogP contribution in [-0.2, 0) is 22.7 Å². The fourth-order valence-corrected chi connectivity index (χ4v) is 3.20. The minimum Gasteiger partial charge on any atom is -0.493 e. The van der Waals surface area contributed by atoms with Crippen molar-refractivity contribution in [1.29, 1.82) is 0 Å². The molecule has 1 aliphatic rings. The van der Waals surface area contributed by atoms with Gasteiger partial charge in [-0.25, -0.2) is 0 Å². The van der Waals surface area contributed by atoms with Crippen LogP contribution in [0.4, 0.5) is 0 Å². The molecule has 27 heavy (non-hydrogen) atoms. The second-order valence-electron chi connectivity index (χ2n) is 6.38. The lowest BCUT2D eigenvalue weighted by molar-refractivity contribution is -0.141. The number of methoxy groups -OCH3 is 1. The number of aliphatic carboxylic acids is 1. The molecular formula is C20H20ClNO5. The van der Waals surface area contributed by atoms with Crippen LogP contribution in [0.2, 0.25) is 5.02 Å². The van der Waals surface area contributed by atoms with Crippen LogP contribution in [0.1, 0.15) is 17.5 Å². The van der Waals surface area contributed by atoms with E-state index in [2.05, 4.69) is 0 Å². The normalized spacial score (nSPS) is 16.4. The van der Waals surface area contributed by atoms with Crippen molar-refractivity contribution in [2.75, 3.05) is 13.7 Å². The van der Waals surface area contributed by atoms with Crippen molar-refractivity contribution in [2.24, 2.45) is 5.92 Å². The number of hydrogen-bond donors (Lipinski definition) is 1. The number of nitrogens with zero attached hydrogens (tertiary/aromatic N) is 1. The number of hydrogen-bond acceptors (Lipinski definition) is 4. The van der Waals surface area contributed by atoms with Crippen LogP contribution < -0.4 is 9.47 Å². The maximum Gasteiger partial charge on any atom is 0.308 e. The summed E-state index contributed by atoms with van der Waals surface area (Å²) in [6.45, 7) is 0.828. The van der Waals surface area contributed by atoms with E-state index in [1.165, 1.54) is 0 Å². The van der Waals surface area contributed by atoms with Crippen LogP contribution in [0.3, 0.4) is 0 Å². The Labute approximate surface area is 162 Å². The van der Waals surface area contributed by atoms with Gasteiger partial charge in [-0.15, -0.1) is 0 Å². The third-order valence-electron chi connectivity index (χ3n) is 4.51. The van der Waals surface area contributed by atoms with Crippen LogP contribution in [0.25, 0.3) is 0 Å². The van der Waals surface area contributed by atoms with E-state index in [-0.39, 0.29) is 25.5 Å². The molecule has 0 bridgehead atoms. The molecule has 1 heterocycles.